The van der Waals surface area contributed by atoms with E-state index in [-0.39, 0.29) is 22.7 Å². The summed E-state index contributed by atoms with van der Waals surface area (Å²) in [5.41, 5.74) is 0.835. The molecule has 116 valence electrons. The van der Waals surface area contributed by atoms with Gasteiger partial charge in [0, 0.05) is 24.9 Å². The van der Waals surface area contributed by atoms with Crippen LogP contribution in [0.5, 0.6) is 0 Å². The fourth-order valence-corrected chi connectivity index (χ4v) is 2.82. The van der Waals surface area contributed by atoms with Crippen molar-refractivity contribution in [2.24, 2.45) is 0 Å². The molecular weight excluding hydrogens is 291 g/mol. The molecule has 0 radical (unpaired) electrons. The van der Waals surface area contributed by atoms with Gasteiger partial charge in [-0.15, -0.1) is 0 Å². The van der Waals surface area contributed by atoms with Crippen LogP contribution in [0.2, 0.25) is 0 Å². The van der Waals surface area contributed by atoms with Crippen molar-refractivity contribution in [3.63, 3.8) is 0 Å². The first-order chi connectivity index (χ1) is 10.1. The highest BCUT2D eigenvalue weighted by Gasteiger charge is 2.41. The molecule has 1 fully saturated rings. The van der Waals surface area contributed by atoms with E-state index in [1.807, 2.05) is 0 Å². The Labute approximate surface area is 128 Å². The SMILES string of the molecule is CO[C@@H](CNC(=O)NCC1(SC)CC1)c1ccc(F)cc1. The summed E-state index contributed by atoms with van der Waals surface area (Å²) < 4.78 is 18.5. The maximum atomic E-state index is 12.9. The molecule has 0 unspecified atom stereocenters. The Kier molecular flexibility index (Phi) is 5.47. The third kappa shape index (κ3) is 4.61. The molecule has 2 amide bonds. The molecule has 0 aliphatic heterocycles. The van der Waals surface area contributed by atoms with Gasteiger partial charge < -0.3 is 15.4 Å². The highest BCUT2D eigenvalue weighted by molar-refractivity contribution is 8.00. The largest absolute Gasteiger partial charge is 0.375 e. The van der Waals surface area contributed by atoms with E-state index >= 15 is 0 Å². The van der Waals surface area contributed by atoms with Gasteiger partial charge in [-0.1, -0.05) is 12.1 Å². The third-order valence-corrected chi connectivity index (χ3v) is 5.20. The highest BCUT2D eigenvalue weighted by atomic mass is 32.2. The summed E-state index contributed by atoms with van der Waals surface area (Å²) >= 11 is 1.80. The average Bonchev–Trinajstić information content (AvgIpc) is 3.28. The average molecular weight is 312 g/mol. The number of nitrogens with one attached hydrogen (secondary N) is 2. The van der Waals surface area contributed by atoms with E-state index in [1.54, 1.807) is 31.0 Å². The first kappa shape index (κ1) is 16.1. The van der Waals surface area contributed by atoms with Crippen molar-refractivity contribution in [2.75, 3.05) is 26.5 Å². The highest BCUT2D eigenvalue weighted by Crippen LogP contribution is 2.46. The molecular formula is C15H21FN2O2S. The number of hydrogen-bond donors (Lipinski definition) is 2. The summed E-state index contributed by atoms with van der Waals surface area (Å²) in [6, 6.07) is 5.90. The monoisotopic (exact) mass is 312 g/mol. The van der Waals surface area contributed by atoms with Gasteiger partial charge in [-0.2, -0.15) is 11.8 Å². The zero-order chi connectivity index (χ0) is 15.3. The number of benzene rings is 1. The fourth-order valence-electron chi connectivity index (χ4n) is 2.10. The smallest absolute Gasteiger partial charge is 0.314 e. The van der Waals surface area contributed by atoms with Gasteiger partial charge in [0.15, 0.2) is 0 Å². The second kappa shape index (κ2) is 7.13. The predicted molar refractivity (Wildman–Crippen MR) is 83.0 cm³/mol. The number of rotatable bonds is 7. The zero-order valence-electron chi connectivity index (χ0n) is 12.3. The number of ether oxygens (including phenoxy) is 1. The molecule has 0 saturated heterocycles. The van der Waals surface area contributed by atoms with E-state index in [1.165, 1.54) is 12.1 Å². The molecule has 1 saturated carbocycles. The molecule has 0 aromatic heterocycles. The van der Waals surface area contributed by atoms with Crippen LogP contribution in [-0.2, 0) is 4.74 Å². The van der Waals surface area contributed by atoms with Crippen molar-refractivity contribution >= 4 is 17.8 Å². The lowest BCUT2D eigenvalue weighted by Gasteiger charge is -2.18. The van der Waals surface area contributed by atoms with Gasteiger partial charge >= 0.3 is 6.03 Å². The van der Waals surface area contributed by atoms with E-state index < -0.39 is 0 Å². The van der Waals surface area contributed by atoms with Crippen LogP contribution in [0, 0.1) is 5.82 Å². The maximum absolute atomic E-state index is 12.9. The lowest BCUT2D eigenvalue weighted by atomic mass is 10.1. The molecule has 2 rings (SSSR count). The molecule has 4 nitrogen and oxygen atoms in total. The van der Waals surface area contributed by atoms with Crippen molar-refractivity contribution in [2.45, 2.75) is 23.7 Å². The van der Waals surface area contributed by atoms with Crippen LogP contribution in [0.3, 0.4) is 0 Å². The number of hydrogen-bond acceptors (Lipinski definition) is 3. The van der Waals surface area contributed by atoms with E-state index in [0.29, 0.717) is 13.1 Å². The number of methoxy groups -OCH3 is 1. The summed E-state index contributed by atoms with van der Waals surface area (Å²) in [7, 11) is 1.57. The fraction of sp³-hybridized carbons (Fsp3) is 0.533. The van der Waals surface area contributed by atoms with Crippen molar-refractivity contribution < 1.29 is 13.9 Å². The number of thioether (sulfide) groups is 1. The van der Waals surface area contributed by atoms with Crippen molar-refractivity contribution in [3.8, 4) is 0 Å². The molecule has 1 aromatic rings. The summed E-state index contributed by atoms with van der Waals surface area (Å²) in [6.07, 6.45) is 4.10. The Morgan fingerprint density at radius 3 is 2.57 bits per heavy atom. The van der Waals surface area contributed by atoms with Crippen LogP contribution in [0.15, 0.2) is 24.3 Å². The third-order valence-electron chi connectivity index (χ3n) is 3.79. The minimum Gasteiger partial charge on any atom is -0.375 e. The van der Waals surface area contributed by atoms with Crippen LogP contribution in [-0.4, -0.2) is 37.2 Å². The summed E-state index contributed by atoms with van der Waals surface area (Å²) in [5.74, 6) is -0.286. The van der Waals surface area contributed by atoms with Gasteiger partial charge in [0.05, 0.1) is 6.10 Å². The second-order valence-corrected chi connectivity index (χ2v) is 6.50. The molecule has 1 aromatic carbocycles. The summed E-state index contributed by atoms with van der Waals surface area (Å²) in [5, 5.41) is 5.68. The number of carbonyl (C=O) groups is 1. The van der Waals surface area contributed by atoms with E-state index in [4.69, 9.17) is 4.74 Å². The summed E-state index contributed by atoms with van der Waals surface area (Å²) in [6.45, 7) is 1.04. The minimum atomic E-state index is -0.286. The molecule has 0 spiro atoms. The Hall–Kier alpha value is -1.27. The molecule has 0 heterocycles. The van der Waals surface area contributed by atoms with Crippen LogP contribution in [0.25, 0.3) is 0 Å². The van der Waals surface area contributed by atoms with Gasteiger partial charge in [0.1, 0.15) is 5.82 Å². The summed E-state index contributed by atoms with van der Waals surface area (Å²) in [4.78, 5) is 11.8. The second-order valence-electron chi connectivity index (χ2n) is 5.23. The quantitative estimate of drug-likeness (QED) is 0.814. The number of halogens is 1. The lowest BCUT2D eigenvalue weighted by molar-refractivity contribution is 0.104. The van der Waals surface area contributed by atoms with Crippen molar-refractivity contribution in [1.82, 2.24) is 10.6 Å². The first-order valence-corrected chi connectivity index (χ1v) is 8.16. The van der Waals surface area contributed by atoms with E-state index in [2.05, 4.69) is 16.9 Å². The van der Waals surface area contributed by atoms with Gasteiger partial charge in [-0.05, 0) is 36.8 Å². The van der Waals surface area contributed by atoms with Gasteiger partial charge in [0.2, 0.25) is 0 Å². The van der Waals surface area contributed by atoms with Crippen LogP contribution < -0.4 is 10.6 Å². The molecule has 1 aliphatic carbocycles. The van der Waals surface area contributed by atoms with E-state index in [0.717, 1.165) is 18.4 Å². The zero-order valence-corrected chi connectivity index (χ0v) is 13.1. The normalized spacial score (nSPS) is 17.1. The Morgan fingerprint density at radius 1 is 1.38 bits per heavy atom. The van der Waals surface area contributed by atoms with Crippen LogP contribution in [0.1, 0.15) is 24.5 Å². The van der Waals surface area contributed by atoms with Crippen molar-refractivity contribution in [1.29, 1.82) is 0 Å². The standard InChI is InChI=1S/C15H21FN2O2S/c1-20-13(11-3-5-12(16)6-4-11)9-17-14(19)18-10-15(21-2)7-8-15/h3-6,13H,7-10H2,1-2H3,(H2,17,18,19)/t13-/m0/s1. The minimum absolute atomic E-state index is 0.195. The molecule has 1 atom stereocenters. The molecule has 6 heteroatoms. The number of carbonyl (C=O) groups excluding carboxylic acids is 1. The molecule has 2 N–H and O–H groups in total. The van der Waals surface area contributed by atoms with Gasteiger partial charge in [-0.3, -0.25) is 0 Å². The van der Waals surface area contributed by atoms with Crippen molar-refractivity contribution in [3.05, 3.63) is 35.6 Å². The van der Waals surface area contributed by atoms with Gasteiger partial charge in [0.25, 0.3) is 0 Å². The molecule has 21 heavy (non-hydrogen) atoms. The first-order valence-electron chi connectivity index (χ1n) is 6.94. The Bertz CT molecular complexity index is 477. The van der Waals surface area contributed by atoms with E-state index in [9.17, 15) is 9.18 Å². The maximum Gasteiger partial charge on any atom is 0.314 e. The van der Waals surface area contributed by atoms with Crippen LogP contribution in [0.4, 0.5) is 9.18 Å². The molecule has 0 bridgehead atoms. The Morgan fingerprint density at radius 2 is 2.05 bits per heavy atom. The predicted octanol–water partition coefficient (Wildman–Crippen LogP) is 2.71. The lowest BCUT2D eigenvalue weighted by Crippen LogP contribution is -2.41. The Balaban J connectivity index is 1.77. The molecule has 1 aliphatic rings. The van der Waals surface area contributed by atoms with Crippen LogP contribution >= 0.6 is 11.8 Å². The van der Waals surface area contributed by atoms with Gasteiger partial charge in [-0.25, -0.2) is 9.18 Å². The topological polar surface area (TPSA) is 50.4 Å². The number of amides is 2. The number of urea groups is 1.